The predicted octanol–water partition coefficient (Wildman–Crippen LogP) is 4.62. The van der Waals surface area contributed by atoms with Gasteiger partial charge in [-0.15, -0.1) is 0 Å². The molecule has 0 saturated heterocycles. The second-order valence-electron chi connectivity index (χ2n) is 4.14. The summed E-state index contributed by atoms with van der Waals surface area (Å²) in [5, 5.41) is -0.414. The van der Waals surface area contributed by atoms with E-state index >= 15 is 0 Å². The Labute approximate surface area is 118 Å². The van der Waals surface area contributed by atoms with Gasteiger partial charge in [-0.05, 0) is 31.3 Å². The molecule has 0 aliphatic rings. The Morgan fingerprint density at radius 1 is 0.571 bits per heavy atom. The summed E-state index contributed by atoms with van der Waals surface area (Å²) in [5.74, 6) is 0. The van der Waals surface area contributed by atoms with E-state index in [2.05, 4.69) is 0 Å². The van der Waals surface area contributed by atoms with E-state index in [4.69, 9.17) is 0 Å². The summed E-state index contributed by atoms with van der Waals surface area (Å²) in [6.07, 6.45) is -9.20. The summed E-state index contributed by atoms with van der Waals surface area (Å²) in [6, 6.07) is 9.22. The van der Waals surface area contributed by atoms with E-state index in [1.165, 1.54) is 36.4 Å². The third-order valence-electron chi connectivity index (χ3n) is 2.66. The fourth-order valence-corrected chi connectivity index (χ4v) is 2.98. The highest BCUT2D eigenvalue weighted by Crippen LogP contribution is 2.34. The normalized spacial score (nSPS) is 12.5. The molecule has 21 heavy (non-hydrogen) atoms. The van der Waals surface area contributed by atoms with Crippen LogP contribution in [0.15, 0.2) is 48.5 Å². The number of halogens is 6. The maximum atomic E-state index is 12.9. The molecule has 2 aromatic carbocycles. The van der Waals surface area contributed by atoms with Crippen LogP contribution in [0.5, 0.6) is 0 Å². The van der Waals surface area contributed by atoms with Gasteiger partial charge in [0.15, 0.2) is 0 Å². The van der Waals surface area contributed by atoms with E-state index < -0.39 is 23.5 Å². The van der Waals surface area contributed by atoms with Gasteiger partial charge in [-0.1, -0.05) is 36.4 Å². The van der Waals surface area contributed by atoms with Gasteiger partial charge in [-0.25, -0.2) is 0 Å². The van der Waals surface area contributed by atoms with Crippen molar-refractivity contribution >= 4 is 19.2 Å². The number of hydrogen-bond acceptors (Lipinski definition) is 0. The second-order valence-corrected chi connectivity index (χ2v) is 5.33. The molecule has 7 heteroatoms. The molecular formula is C14H8F6P. The van der Waals surface area contributed by atoms with Gasteiger partial charge < -0.3 is 0 Å². The molecule has 0 aliphatic carbocycles. The molecule has 1 radical (unpaired) electrons. The average molecular weight is 321 g/mol. The summed E-state index contributed by atoms with van der Waals surface area (Å²) >= 11 is 0. The maximum Gasteiger partial charge on any atom is 0.417 e. The lowest BCUT2D eigenvalue weighted by molar-refractivity contribution is -0.137. The van der Waals surface area contributed by atoms with Gasteiger partial charge in [0.1, 0.15) is 0 Å². The van der Waals surface area contributed by atoms with Crippen LogP contribution < -0.4 is 10.6 Å². The zero-order valence-electron chi connectivity index (χ0n) is 10.3. The van der Waals surface area contributed by atoms with Crippen molar-refractivity contribution in [1.29, 1.82) is 0 Å². The Morgan fingerprint density at radius 3 is 1.24 bits per heavy atom. The summed E-state index contributed by atoms with van der Waals surface area (Å²) in [7, 11) is -0.132. The van der Waals surface area contributed by atoms with Crippen LogP contribution in [-0.4, -0.2) is 0 Å². The number of hydrogen-bond donors (Lipinski definition) is 0. The van der Waals surface area contributed by atoms with E-state index in [0.29, 0.717) is 0 Å². The Balaban J connectivity index is 2.45. The number of benzene rings is 2. The predicted molar refractivity (Wildman–Crippen MR) is 69.1 cm³/mol. The molecule has 0 fully saturated rings. The van der Waals surface area contributed by atoms with Crippen molar-refractivity contribution in [3.05, 3.63) is 59.7 Å². The van der Waals surface area contributed by atoms with Crippen molar-refractivity contribution in [2.75, 3.05) is 0 Å². The van der Waals surface area contributed by atoms with Crippen LogP contribution in [0.3, 0.4) is 0 Å². The molecule has 0 saturated carbocycles. The van der Waals surface area contributed by atoms with Gasteiger partial charge in [0.25, 0.3) is 0 Å². The monoisotopic (exact) mass is 321 g/mol. The van der Waals surface area contributed by atoms with Crippen molar-refractivity contribution < 1.29 is 26.3 Å². The quantitative estimate of drug-likeness (QED) is 0.559. The Kier molecular flexibility index (Phi) is 4.28. The van der Waals surface area contributed by atoms with Crippen molar-refractivity contribution in [1.82, 2.24) is 0 Å². The maximum absolute atomic E-state index is 12.9. The smallest absolute Gasteiger partial charge is 0.166 e. The molecule has 0 atom stereocenters. The van der Waals surface area contributed by atoms with E-state index in [0.717, 1.165) is 12.1 Å². The van der Waals surface area contributed by atoms with Crippen molar-refractivity contribution in [3.8, 4) is 0 Å². The third kappa shape index (κ3) is 3.76. The molecule has 0 spiro atoms. The van der Waals surface area contributed by atoms with Crippen LogP contribution in [0.2, 0.25) is 0 Å². The zero-order chi connectivity index (χ0) is 15.7. The third-order valence-corrected chi connectivity index (χ3v) is 3.92. The van der Waals surface area contributed by atoms with Gasteiger partial charge >= 0.3 is 12.4 Å². The van der Waals surface area contributed by atoms with E-state index in [1.807, 2.05) is 0 Å². The van der Waals surface area contributed by atoms with Crippen molar-refractivity contribution in [3.63, 3.8) is 0 Å². The highest BCUT2D eigenvalue weighted by Gasteiger charge is 2.36. The lowest BCUT2D eigenvalue weighted by Crippen LogP contribution is -2.21. The zero-order valence-corrected chi connectivity index (χ0v) is 11.2. The first-order valence-corrected chi connectivity index (χ1v) is 6.63. The summed E-state index contributed by atoms with van der Waals surface area (Å²) in [4.78, 5) is 0. The summed E-state index contributed by atoms with van der Waals surface area (Å²) < 4.78 is 77.2. The molecule has 0 aliphatic heterocycles. The van der Waals surface area contributed by atoms with E-state index in [-0.39, 0.29) is 19.2 Å². The second kappa shape index (κ2) is 5.68. The lowest BCUT2D eigenvalue weighted by atomic mass is 10.2. The Morgan fingerprint density at radius 2 is 0.905 bits per heavy atom. The van der Waals surface area contributed by atoms with Gasteiger partial charge in [-0.2, -0.15) is 26.3 Å². The molecular weight excluding hydrogens is 313 g/mol. The summed E-state index contributed by atoms with van der Waals surface area (Å²) in [6.45, 7) is 0. The molecule has 0 nitrogen and oxygen atoms in total. The highest BCUT2D eigenvalue weighted by atomic mass is 31.1. The minimum absolute atomic E-state index is 0.132. The van der Waals surface area contributed by atoms with Crippen LogP contribution >= 0.6 is 8.58 Å². The Bertz CT molecular complexity index is 574. The van der Waals surface area contributed by atoms with Crippen molar-refractivity contribution in [2.24, 2.45) is 0 Å². The van der Waals surface area contributed by atoms with E-state index in [1.54, 1.807) is 0 Å². The molecule has 0 amide bonds. The minimum atomic E-state index is -4.60. The average Bonchev–Trinajstić information content (AvgIpc) is 2.37. The molecule has 0 unspecified atom stereocenters. The first-order valence-electron chi connectivity index (χ1n) is 5.74. The molecule has 0 aromatic heterocycles. The molecule has 111 valence electrons. The largest absolute Gasteiger partial charge is 0.417 e. The van der Waals surface area contributed by atoms with Gasteiger partial charge in [0.05, 0.1) is 11.1 Å². The van der Waals surface area contributed by atoms with Crippen LogP contribution in [-0.2, 0) is 12.4 Å². The SMILES string of the molecule is FC(F)(F)c1ccccc1[P]c1ccccc1C(F)(F)F. The van der Waals surface area contributed by atoms with Crippen LogP contribution in [0.1, 0.15) is 11.1 Å². The standard InChI is InChI=1S/C14H8F6P/c15-13(16,17)9-5-1-3-7-11(9)21-12-8-4-2-6-10(12)14(18,19)20/h1-8H. The first-order chi connectivity index (χ1) is 9.69. The first kappa shape index (κ1) is 15.8. The Hall–Kier alpha value is -1.55. The molecule has 0 heterocycles. The van der Waals surface area contributed by atoms with Gasteiger partial charge in [-0.3, -0.25) is 0 Å². The minimum Gasteiger partial charge on any atom is -0.166 e. The molecule has 2 aromatic rings. The van der Waals surface area contributed by atoms with Crippen LogP contribution in [0.4, 0.5) is 26.3 Å². The summed E-state index contributed by atoms with van der Waals surface area (Å²) in [5.41, 5.74) is -1.85. The molecule has 2 rings (SSSR count). The lowest BCUT2D eigenvalue weighted by Gasteiger charge is -2.15. The van der Waals surface area contributed by atoms with Crippen molar-refractivity contribution in [2.45, 2.75) is 12.4 Å². The fourth-order valence-electron chi connectivity index (χ4n) is 1.75. The van der Waals surface area contributed by atoms with Gasteiger partial charge in [0.2, 0.25) is 0 Å². The molecule has 0 N–H and O–H groups in total. The number of rotatable bonds is 2. The van der Waals surface area contributed by atoms with Crippen LogP contribution in [0.25, 0.3) is 0 Å². The van der Waals surface area contributed by atoms with Gasteiger partial charge in [0, 0.05) is 0 Å². The molecule has 0 bridgehead atoms. The van der Waals surface area contributed by atoms with Crippen LogP contribution in [0, 0.1) is 0 Å². The van der Waals surface area contributed by atoms with E-state index in [9.17, 15) is 26.3 Å². The number of alkyl halides is 6. The highest BCUT2D eigenvalue weighted by molar-refractivity contribution is 7.55. The topological polar surface area (TPSA) is 0 Å². The fraction of sp³-hybridized carbons (Fsp3) is 0.143.